The Morgan fingerprint density at radius 1 is 1.08 bits per heavy atom. The van der Waals surface area contributed by atoms with E-state index < -0.39 is 10.9 Å². The number of rotatable bonds is 8. The molecule has 0 aromatic heterocycles. The van der Waals surface area contributed by atoms with Crippen molar-refractivity contribution in [3.05, 3.63) is 103 Å². The van der Waals surface area contributed by atoms with Gasteiger partial charge in [0, 0.05) is 11.6 Å². The maximum Gasteiger partial charge on any atom is 0.363 e. The molecule has 0 amide bonds. The fourth-order valence-corrected chi connectivity index (χ4v) is 3.93. The number of cyclic esters (lactones) is 1. The lowest BCUT2D eigenvalue weighted by molar-refractivity contribution is -0.384. The van der Waals surface area contributed by atoms with Gasteiger partial charge in [-0.15, -0.1) is 0 Å². The fraction of sp³-hybridized carbons (Fsp3) is 0.154. The molecule has 3 aromatic carbocycles. The molecule has 0 N–H and O–H groups in total. The Hall–Kier alpha value is -3.88. The number of benzene rings is 3. The molecule has 0 saturated heterocycles. The third-order valence-electron chi connectivity index (χ3n) is 5.28. The molecule has 1 aliphatic heterocycles. The SMILES string of the molecule is CCOc1cc(/C=C2\N=C(c3ccc(Cl)c([N+](=O)[O-])c3)OC2=O)cc(Cl)c1OCc1ccccc1C. The topological polar surface area (TPSA) is 100 Å². The molecule has 4 rings (SSSR count). The first kappa shape index (κ1) is 25.2. The minimum atomic E-state index is -0.712. The monoisotopic (exact) mass is 526 g/mol. The van der Waals surface area contributed by atoms with Crippen LogP contribution >= 0.6 is 23.2 Å². The number of carbonyl (C=O) groups is 1. The van der Waals surface area contributed by atoms with Crippen molar-refractivity contribution in [2.45, 2.75) is 20.5 Å². The van der Waals surface area contributed by atoms with E-state index in [0.717, 1.165) is 11.1 Å². The smallest absolute Gasteiger partial charge is 0.363 e. The molecule has 3 aromatic rings. The second-order valence-electron chi connectivity index (χ2n) is 7.74. The van der Waals surface area contributed by atoms with E-state index in [9.17, 15) is 14.9 Å². The van der Waals surface area contributed by atoms with E-state index in [1.807, 2.05) is 38.1 Å². The molecule has 0 aliphatic carbocycles. The third-order valence-corrected chi connectivity index (χ3v) is 5.88. The van der Waals surface area contributed by atoms with Crippen molar-refractivity contribution in [3.8, 4) is 11.5 Å². The van der Waals surface area contributed by atoms with Crippen LogP contribution in [0.25, 0.3) is 6.08 Å². The van der Waals surface area contributed by atoms with Crippen molar-refractivity contribution in [1.29, 1.82) is 0 Å². The number of hydrogen-bond donors (Lipinski definition) is 0. The van der Waals surface area contributed by atoms with E-state index in [1.165, 1.54) is 24.3 Å². The Labute approximate surface area is 216 Å². The highest BCUT2D eigenvalue weighted by molar-refractivity contribution is 6.33. The maximum atomic E-state index is 12.4. The van der Waals surface area contributed by atoms with Crippen LogP contribution in [0.5, 0.6) is 11.5 Å². The van der Waals surface area contributed by atoms with E-state index in [1.54, 1.807) is 12.1 Å². The zero-order valence-electron chi connectivity index (χ0n) is 19.3. The number of carbonyl (C=O) groups excluding carboxylic acids is 1. The zero-order valence-corrected chi connectivity index (χ0v) is 20.8. The van der Waals surface area contributed by atoms with Crippen molar-refractivity contribution in [1.82, 2.24) is 0 Å². The Kier molecular flexibility index (Phi) is 7.57. The second kappa shape index (κ2) is 10.8. The van der Waals surface area contributed by atoms with Gasteiger partial charge in [0.1, 0.15) is 11.6 Å². The van der Waals surface area contributed by atoms with Gasteiger partial charge < -0.3 is 14.2 Å². The summed E-state index contributed by atoms with van der Waals surface area (Å²) in [6.45, 7) is 4.51. The average molecular weight is 527 g/mol. The predicted octanol–water partition coefficient (Wildman–Crippen LogP) is 6.53. The number of ether oxygens (including phenoxy) is 3. The quantitative estimate of drug-likeness (QED) is 0.143. The summed E-state index contributed by atoms with van der Waals surface area (Å²) in [6.07, 6.45) is 1.49. The Morgan fingerprint density at radius 3 is 2.58 bits per heavy atom. The van der Waals surface area contributed by atoms with Crippen molar-refractivity contribution in [2.75, 3.05) is 6.61 Å². The summed E-state index contributed by atoms with van der Waals surface area (Å²) in [5.41, 5.74) is 2.56. The molecule has 0 atom stereocenters. The van der Waals surface area contributed by atoms with Gasteiger partial charge in [0.15, 0.2) is 17.2 Å². The van der Waals surface area contributed by atoms with Gasteiger partial charge in [-0.25, -0.2) is 9.79 Å². The molecule has 0 radical (unpaired) electrons. The van der Waals surface area contributed by atoms with Crippen LogP contribution in [0, 0.1) is 17.0 Å². The van der Waals surface area contributed by atoms with Crippen LogP contribution in [0.2, 0.25) is 10.0 Å². The molecule has 0 saturated carbocycles. The minimum Gasteiger partial charge on any atom is -0.490 e. The summed E-state index contributed by atoms with van der Waals surface area (Å²) >= 11 is 12.4. The highest BCUT2D eigenvalue weighted by atomic mass is 35.5. The summed E-state index contributed by atoms with van der Waals surface area (Å²) < 4.78 is 17.0. The molecule has 0 fully saturated rings. The van der Waals surface area contributed by atoms with E-state index in [2.05, 4.69) is 4.99 Å². The number of nitrogens with zero attached hydrogens (tertiary/aromatic N) is 2. The van der Waals surface area contributed by atoms with Crippen LogP contribution in [0.3, 0.4) is 0 Å². The zero-order chi connectivity index (χ0) is 25.8. The van der Waals surface area contributed by atoms with Crippen LogP contribution in [-0.2, 0) is 16.1 Å². The van der Waals surface area contributed by atoms with Gasteiger partial charge in [-0.05, 0) is 60.9 Å². The molecular weight excluding hydrogens is 507 g/mol. The molecule has 10 heteroatoms. The average Bonchev–Trinajstić information content (AvgIpc) is 3.20. The number of hydrogen-bond acceptors (Lipinski definition) is 7. The lowest BCUT2D eigenvalue weighted by Gasteiger charge is -2.15. The Balaban J connectivity index is 1.63. The lowest BCUT2D eigenvalue weighted by atomic mass is 10.1. The van der Waals surface area contributed by atoms with Gasteiger partial charge in [0.25, 0.3) is 5.69 Å². The second-order valence-corrected chi connectivity index (χ2v) is 8.55. The Morgan fingerprint density at radius 2 is 1.86 bits per heavy atom. The number of halogens is 2. The summed E-state index contributed by atoms with van der Waals surface area (Å²) in [7, 11) is 0. The molecular formula is C26H20Cl2N2O6. The van der Waals surface area contributed by atoms with Crippen LogP contribution in [0.1, 0.15) is 29.2 Å². The number of nitro benzene ring substituents is 1. The third kappa shape index (κ3) is 5.50. The highest BCUT2D eigenvalue weighted by Crippen LogP contribution is 2.38. The van der Waals surface area contributed by atoms with Crippen LogP contribution in [0.4, 0.5) is 5.69 Å². The molecule has 8 nitrogen and oxygen atoms in total. The van der Waals surface area contributed by atoms with E-state index >= 15 is 0 Å². The Bertz CT molecular complexity index is 1420. The molecule has 36 heavy (non-hydrogen) atoms. The first-order valence-electron chi connectivity index (χ1n) is 10.9. The van der Waals surface area contributed by atoms with Gasteiger partial charge in [-0.3, -0.25) is 10.1 Å². The van der Waals surface area contributed by atoms with Crippen molar-refractivity contribution in [2.24, 2.45) is 4.99 Å². The molecule has 0 bridgehead atoms. The van der Waals surface area contributed by atoms with Gasteiger partial charge in [-0.1, -0.05) is 47.5 Å². The van der Waals surface area contributed by atoms with Gasteiger partial charge in [0.05, 0.1) is 16.6 Å². The van der Waals surface area contributed by atoms with Crippen LogP contribution in [-0.4, -0.2) is 23.4 Å². The molecule has 0 unspecified atom stereocenters. The summed E-state index contributed by atoms with van der Waals surface area (Å²) in [6, 6.07) is 15.2. The lowest BCUT2D eigenvalue weighted by Crippen LogP contribution is -2.06. The molecule has 1 aliphatic rings. The van der Waals surface area contributed by atoms with E-state index in [4.69, 9.17) is 37.4 Å². The summed E-state index contributed by atoms with van der Waals surface area (Å²) in [5.74, 6) is 0.0156. The minimum absolute atomic E-state index is 0.00491. The van der Waals surface area contributed by atoms with Crippen molar-refractivity contribution >= 4 is 46.8 Å². The van der Waals surface area contributed by atoms with Crippen LogP contribution in [0.15, 0.2) is 65.3 Å². The molecule has 184 valence electrons. The normalized spacial score (nSPS) is 13.9. The van der Waals surface area contributed by atoms with Gasteiger partial charge in [0.2, 0.25) is 5.90 Å². The number of aliphatic imine (C=N–C) groups is 1. The van der Waals surface area contributed by atoms with E-state index in [0.29, 0.717) is 35.3 Å². The van der Waals surface area contributed by atoms with Crippen molar-refractivity contribution in [3.63, 3.8) is 0 Å². The molecule has 1 heterocycles. The van der Waals surface area contributed by atoms with Gasteiger partial charge >= 0.3 is 5.97 Å². The fourth-order valence-electron chi connectivity index (χ4n) is 3.47. The first-order valence-corrected chi connectivity index (χ1v) is 11.6. The maximum absolute atomic E-state index is 12.4. The predicted molar refractivity (Wildman–Crippen MR) is 137 cm³/mol. The van der Waals surface area contributed by atoms with Crippen molar-refractivity contribution < 1.29 is 23.9 Å². The summed E-state index contributed by atoms with van der Waals surface area (Å²) in [4.78, 5) is 27.2. The summed E-state index contributed by atoms with van der Waals surface area (Å²) in [5, 5.41) is 11.4. The van der Waals surface area contributed by atoms with E-state index in [-0.39, 0.29) is 27.9 Å². The van der Waals surface area contributed by atoms with Crippen LogP contribution < -0.4 is 9.47 Å². The first-order chi connectivity index (χ1) is 17.3. The standard InChI is InChI=1S/C26H20Cl2N2O6/c1-3-34-23-12-16(10-20(28)24(23)35-14-18-7-5-4-6-15(18)2)11-21-26(31)36-25(29-21)17-8-9-19(27)22(13-17)30(32)33/h4-13H,3,14H2,1-2H3/b21-11-. The number of aryl methyl sites for hydroxylation is 1. The number of nitro groups is 1. The number of esters is 1. The highest BCUT2D eigenvalue weighted by Gasteiger charge is 2.26. The van der Waals surface area contributed by atoms with Gasteiger partial charge in [-0.2, -0.15) is 0 Å². The molecule has 0 spiro atoms. The largest absolute Gasteiger partial charge is 0.490 e.